The van der Waals surface area contributed by atoms with Crippen molar-refractivity contribution in [2.24, 2.45) is 5.92 Å². The molecule has 0 radical (unpaired) electrons. The van der Waals surface area contributed by atoms with E-state index >= 15 is 0 Å². The van der Waals surface area contributed by atoms with Crippen LogP contribution in [0.5, 0.6) is 5.88 Å². The van der Waals surface area contributed by atoms with Gasteiger partial charge in [-0.05, 0) is 32.0 Å². The molecule has 0 spiro atoms. The summed E-state index contributed by atoms with van der Waals surface area (Å²) in [5.41, 5.74) is 0. The van der Waals surface area contributed by atoms with Crippen LogP contribution < -0.4 is 15.4 Å². The molecule has 0 bridgehead atoms. The fraction of sp³-hybridized carbons (Fsp3) is 0.538. The Labute approximate surface area is 128 Å². The Hall–Kier alpha value is -1.04. The topological polar surface area (TPSA) is 63.2 Å². The molecule has 1 aliphatic heterocycles. The Morgan fingerprint density at radius 3 is 2.90 bits per heavy atom. The summed E-state index contributed by atoms with van der Waals surface area (Å²) in [7, 11) is 0. The maximum atomic E-state index is 11.9. The molecule has 20 heavy (non-hydrogen) atoms. The first-order chi connectivity index (χ1) is 9.66. The molecule has 1 fully saturated rings. The van der Waals surface area contributed by atoms with Crippen molar-refractivity contribution in [3.63, 3.8) is 0 Å². The average Bonchev–Trinajstić information content (AvgIpc) is 2.46. The summed E-state index contributed by atoms with van der Waals surface area (Å²) < 4.78 is 5.40. The van der Waals surface area contributed by atoms with Crippen molar-refractivity contribution in [1.29, 1.82) is 0 Å². The van der Waals surface area contributed by atoms with Gasteiger partial charge in [-0.2, -0.15) is 0 Å². The molecular weight excluding hydrogens is 301 g/mol. The molecule has 110 valence electrons. The second kappa shape index (κ2) is 7.67. The van der Waals surface area contributed by atoms with Crippen LogP contribution in [-0.2, 0) is 4.79 Å². The van der Waals surface area contributed by atoms with Crippen LogP contribution in [0.15, 0.2) is 12.3 Å². The van der Waals surface area contributed by atoms with Crippen LogP contribution in [0.4, 0.5) is 0 Å². The summed E-state index contributed by atoms with van der Waals surface area (Å²) in [6, 6.07) is 1.57. The Morgan fingerprint density at radius 1 is 1.45 bits per heavy atom. The molecule has 2 N–H and O–H groups in total. The summed E-state index contributed by atoms with van der Waals surface area (Å²) in [6.07, 6.45) is 3.24. The zero-order valence-corrected chi connectivity index (χ0v) is 12.5. The molecule has 7 heteroatoms. The van der Waals surface area contributed by atoms with Crippen molar-refractivity contribution in [2.75, 3.05) is 26.2 Å². The van der Waals surface area contributed by atoms with Gasteiger partial charge in [-0.1, -0.05) is 23.2 Å². The van der Waals surface area contributed by atoms with Crippen molar-refractivity contribution in [1.82, 2.24) is 15.6 Å². The van der Waals surface area contributed by atoms with Gasteiger partial charge in [0, 0.05) is 12.1 Å². The van der Waals surface area contributed by atoms with E-state index in [1.54, 1.807) is 6.07 Å². The van der Waals surface area contributed by atoms with Crippen LogP contribution in [0.3, 0.4) is 0 Å². The highest BCUT2D eigenvalue weighted by atomic mass is 35.5. The summed E-state index contributed by atoms with van der Waals surface area (Å²) >= 11 is 11.7. The quantitative estimate of drug-likeness (QED) is 0.814. The highest BCUT2D eigenvalue weighted by molar-refractivity contribution is 6.35. The number of carbonyl (C=O) groups is 1. The van der Waals surface area contributed by atoms with Gasteiger partial charge in [-0.3, -0.25) is 4.79 Å². The molecule has 0 atom stereocenters. The minimum atomic E-state index is 0.0882. The van der Waals surface area contributed by atoms with Gasteiger partial charge in [0.25, 0.3) is 0 Å². The normalized spacial score (nSPS) is 15.9. The molecule has 2 heterocycles. The number of hydrogen-bond donors (Lipinski definition) is 2. The van der Waals surface area contributed by atoms with Gasteiger partial charge in [-0.15, -0.1) is 0 Å². The Balaban J connectivity index is 1.69. The fourth-order valence-corrected chi connectivity index (χ4v) is 2.49. The van der Waals surface area contributed by atoms with Crippen molar-refractivity contribution in [3.8, 4) is 5.88 Å². The second-order valence-electron chi connectivity index (χ2n) is 4.60. The third-order valence-electron chi connectivity index (χ3n) is 3.12. The number of carbonyl (C=O) groups excluding carboxylic acids is 1. The van der Waals surface area contributed by atoms with Crippen LogP contribution in [0.2, 0.25) is 10.0 Å². The lowest BCUT2D eigenvalue weighted by molar-refractivity contribution is -0.125. The minimum Gasteiger partial charge on any atom is -0.475 e. The third-order valence-corrected chi connectivity index (χ3v) is 3.60. The third kappa shape index (κ3) is 4.51. The number of ether oxygens (including phenoxy) is 1. The molecule has 1 aliphatic rings. The lowest BCUT2D eigenvalue weighted by Crippen LogP contribution is -2.39. The Bertz CT molecular complexity index is 465. The molecule has 5 nitrogen and oxygen atoms in total. The number of halogens is 2. The van der Waals surface area contributed by atoms with E-state index in [4.69, 9.17) is 27.9 Å². The van der Waals surface area contributed by atoms with Gasteiger partial charge in [0.2, 0.25) is 11.8 Å². The molecular formula is C13H17Cl2N3O2. The van der Waals surface area contributed by atoms with Gasteiger partial charge < -0.3 is 15.4 Å². The first-order valence-corrected chi connectivity index (χ1v) is 7.34. The monoisotopic (exact) mass is 317 g/mol. The van der Waals surface area contributed by atoms with Crippen molar-refractivity contribution >= 4 is 29.1 Å². The maximum absolute atomic E-state index is 11.9. The van der Waals surface area contributed by atoms with Crippen LogP contribution >= 0.6 is 23.2 Å². The fourth-order valence-electron chi connectivity index (χ4n) is 2.06. The lowest BCUT2D eigenvalue weighted by atomic mass is 9.97. The smallest absolute Gasteiger partial charge is 0.232 e. The molecule has 1 saturated heterocycles. The highest BCUT2D eigenvalue weighted by Gasteiger charge is 2.20. The molecule has 0 unspecified atom stereocenters. The second-order valence-corrected chi connectivity index (χ2v) is 5.45. The predicted molar refractivity (Wildman–Crippen MR) is 78.4 cm³/mol. The predicted octanol–water partition coefficient (Wildman–Crippen LogP) is 1.88. The summed E-state index contributed by atoms with van der Waals surface area (Å²) in [6.45, 7) is 2.56. The number of piperidine rings is 1. The van der Waals surface area contributed by atoms with E-state index in [1.807, 2.05) is 0 Å². The zero-order chi connectivity index (χ0) is 14.4. The van der Waals surface area contributed by atoms with Crippen molar-refractivity contribution < 1.29 is 9.53 Å². The Kier molecular flexibility index (Phi) is 5.88. The number of nitrogens with one attached hydrogen (secondary N) is 2. The van der Waals surface area contributed by atoms with E-state index in [-0.39, 0.29) is 11.8 Å². The van der Waals surface area contributed by atoms with E-state index in [9.17, 15) is 4.79 Å². The first kappa shape index (κ1) is 15.4. The average molecular weight is 318 g/mol. The number of hydrogen-bond acceptors (Lipinski definition) is 4. The summed E-state index contributed by atoms with van der Waals surface area (Å²) in [5.74, 6) is 0.519. The van der Waals surface area contributed by atoms with E-state index < -0.39 is 0 Å². The van der Waals surface area contributed by atoms with Gasteiger partial charge >= 0.3 is 0 Å². The number of pyridine rings is 1. The van der Waals surface area contributed by atoms with Gasteiger partial charge in [0.1, 0.15) is 11.6 Å². The van der Waals surface area contributed by atoms with Crippen LogP contribution in [0, 0.1) is 5.92 Å². The molecule has 0 saturated carbocycles. The minimum absolute atomic E-state index is 0.0882. The molecule has 1 aromatic rings. The standard InChI is InChI=1S/C13H17Cl2N3O2/c14-10-7-11(15)13(18-8-10)20-6-5-17-12(19)9-1-3-16-4-2-9/h7-9,16H,1-6H2,(H,17,19). The molecule has 0 aliphatic carbocycles. The first-order valence-electron chi connectivity index (χ1n) is 6.59. The van der Waals surface area contributed by atoms with Crippen LogP contribution in [0.1, 0.15) is 12.8 Å². The van der Waals surface area contributed by atoms with E-state index in [2.05, 4.69) is 15.6 Å². The number of rotatable bonds is 5. The number of amides is 1. The molecule has 0 aromatic carbocycles. The number of aromatic nitrogens is 1. The Morgan fingerprint density at radius 2 is 2.20 bits per heavy atom. The van der Waals surface area contributed by atoms with Gasteiger partial charge in [0.05, 0.1) is 11.6 Å². The lowest BCUT2D eigenvalue weighted by Gasteiger charge is -2.21. The zero-order valence-electron chi connectivity index (χ0n) is 11.0. The van der Waals surface area contributed by atoms with E-state index in [0.717, 1.165) is 25.9 Å². The molecule has 1 amide bonds. The largest absolute Gasteiger partial charge is 0.475 e. The molecule has 1 aromatic heterocycles. The highest BCUT2D eigenvalue weighted by Crippen LogP contribution is 2.24. The number of nitrogens with zero attached hydrogens (tertiary/aromatic N) is 1. The van der Waals surface area contributed by atoms with Gasteiger partial charge in [-0.25, -0.2) is 4.98 Å². The SMILES string of the molecule is O=C(NCCOc1ncc(Cl)cc1Cl)C1CCNCC1. The van der Waals surface area contributed by atoms with E-state index in [0.29, 0.717) is 29.1 Å². The van der Waals surface area contributed by atoms with Crippen LogP contribution in [-0.4, -0.2) is 37.1 Å². The summed E-state index contributed by atoms with van der Waals surface area (Å²) in [5, 5.41) is 6.92. The van der Waals surface area contributed by atoms with Crippen molar-refractivity contribution in [3.05, 3.63) is 22.3 Å². The summed E-state index contributed by atoms with van der Waals surface area (Å²) in [4.78, 5) is 15.8. The maximum Gasteiger partial charge on any atom is 0.232 e. The van der Waals surface area contributed by atoms with Gasteiger partial charge in [0.15, 0.2) is 0 Å². The van der Waals surface area contributed by atoms with E-state index in [1.165, 1.54) is 6.20 Å². The van der Waals surface area contributed by atoms with Crippen molar-refractivity contribution in [2.45, 2.75) is 12.8 Å². The van der Waals surface area contributed by atoms with Crippen LogP contribution in [0.25, 0.3) is 0 Å². The molecule has 2 rings (SSSR count).